The van der Waals surface area contributed by atoms with Crippen LogP contribution in [0.4, 0.5) is 0 Å². The SMILES string of the molecule is CCOc1nc2ncc(C#N)cc2c(-c2ccccc2)c1C#N. The Bertz CT molecular complexity index is 953. The Balaban J connectivity index is 2.45. The summed E-state index contributed by atoms with van der Waals surface area (Å²) < 4.78 is 5.52. The van der Waals surface area contributed by atoms with Crippen LogP contribution in [0, 0.1) is 22.7 Å². The topological polar surface area (TPSA) is 82.6 Å². The van der Waals surface area contributed by atoms with E-state index < -0.39 is 0 Å². The van der Waals surface area contributed by atoms with E-state index in [1.807, 2.05) is 37.3 Å². The van der Waals surface area contributed by atoms with Crippen molar-refractivity contribution >= 4 is 11.0 Å². The molecule has 0 N–H and O–H groups in total. The van der Waals surface area contributed by atoms with Crippen LogP contribution in [-0.2, 0) is 0 Å². The summed E-state index contributed by atoms with van der Waals surface area (Å²) in [4.78, 5) is 8.57. The number of rotatable bonds is 3. The van der Waals surface area contributed by atoms with Crippen LogP contribution in [-0.4, -0.2) is 16.6 Å². The Morgan fingerprint density at radius 1 is 1.13 bits per heavy atom. The monoisotopic (exact) mass is 300 g/mol. The second-order valence-electron chi connectivity index (χ2n) is 4.78. The number of hydrogen-bond acceptors (Lipinski definition) is 5. The van der Waals surface area contributed by atoms with Crippen molar-refractivity contribution in [2.45, 2.75) is 6.92 Å². The van der Waals surface area contributed by atoms with Crippen LogP contribution in [0.1, 0.15) is 18.1 Å². The average Bonchev–Trinajstić information content (AvgIpc) is 2.61. The standard InChI is InChI=1S/C18H12N4O/c1-2-23-18-15(10-20)16(13-6-4-3-5-7-13)14-8-12(9-19)11-21-17(14)22-18/h3-8,11H,2H2,1H3. The highest BCUT2D eigenvalue weighted by atomic mass is 16.5. The van der Waals surface area contributed by atoms with E-state index >= 15 is 0 Å². The van der Waals surface area contributed by atoms with Crippen LogP contribution in [0.15, 0.2) is 42.6 Å². The molecule has 2 aromatic heterocycles. The molecule has 1 aromatic carbocycles. The number of pyridine rings is 2. The van der Waals surface area contributed by atoms with Gasteiger partial charge in [0.15, 0.2) is 5.65 Å². The number of fused-ring (bicyclic) bond motifs is 1. The summed E-state index contributed by atoms with van der Waals surface area (Å²) in [6, 6.07) is 15.5. The van der Waals surface area contributed by atoms with Gasteiger partial charge < -0.3 is 4.74 Å². The molecule has 0 unspecified atom stereocenters. The molecule has 110 valence electrons. The van der Waals surface area contributed by atoms with E-state index in [1.54, 1.807) is 6.07 Å². The minimum atomic E-state index is 0.263. The van der Waals surface area contributed by atoms with E-state index in [4.69, 9.17) is 10.00 Å². The molecule has 0 aliphatic carbocycles. The lowest BCUT2D eigenvalue weighted by Crippen LogP contribution is -2.02. The van der Waals surface area contributed by atoms with Gasteiger partial charge in [-0.25, -0.2) is 4.98 Å². The van der Waals surface area contributed by atoms with Gasteiger partial charge in [-0.15, -0.1) is 0 Å². The Morgan fingerprint density at radius 2 is 1.91 bits per heavy atom. The zero-order valence-corrected chi connectivity index (χ0v) is 12.4. The molecular weight excluding hydrogens is 288 g/mol. The Morgan fingerprint density at radius 3 is 2.57 bits per heavy atom. The smallest absolute Gasteiger partial charge is 0.234 e. The van der Waals surface area contributed by atoms with Crippen LogP contribution in [0.2, 0.25) is 0 Å². The lowest BCUT2D eigenvalue weighted by molar-refractivity contribution is 0.327. The molecule has 0 amide bonds. The van der Waals surface area contributed by atoms with E-state index in [1.165, 1.54) is 6.20 Å². The van der Waals surface area contributed by atoms with Crippen molar-refractivity contribution in [3.05, 3.63) is 53.7 Å². The zero-order valence-electron chi connectivity index (χ0n) is 12.4. The van der Waals surface area contributed by atoms with Gasteiger partial charge in [-0.3, -0.25) is 0 Å². The van der Waals surface area contributed by atoms with Gasteiger partial charge in [0.05, 0.1) is 12.2 Å². The molecule has 3 aromatic rings. The fourth-order valence-corrected chi connectivity index (χ4v) is 2.43. The van der Waals surface area contributed by atoms with Crippen molar-refractivity contribution in [2.75, 3.05) is 6.61 Å². The number of benzene rings is 1. The molecule has 3 rings (SSSR count). The lowest BCUT2D eigenvalue weighted by atomic mass is 9.97. The minimum absolute atomic E-state index is 0.263. The van der Waals surface area contributed by atoms with Gasteiger partial charge in [-0.1, -0.05) is 30.3 Å². The Labute approximate surface area is 133 Å². The van der Waals surface area contributed by atoms with Crippen LogP contribution in [0.25, 0.3) is 22.2 Å². The molecule has 0 bridgehead atoms. The highest BCUT2D eigenvalue weighted by Crippen LogP contribution is 2.35. The number of nitriles is 2. The molecule has 23 heavy (non-hydrogen) atoms. The molecule has 5 nitrogen and oxygen atoms in total. The molecule has 2 heterocycles. The van der Waals surface area contributed by atoms with Crippen LogP contribution < -0.4 is 4.74 Å². The van der Waals surface area contributed by atoms with Gasteiger partial charge in [0.1, 0.15) is 17.7 Å². The van der Waals surface area contributed by atoms with Crippen LogP contribution in [0.3, 0.4) is 0 Å². The van der Waals surface area contributed by atoms with Crippen molar-refractivity contribution in [1.29, 1.82) is 10.5 Å². The maximum atomic E-state index is 9.62. The van der Waals surface area contributed by atoms with Crippen molar-refractivity contribution in [1.82, 2.24) is 9.97 Å². The summed E-state index contributed by atoms with van der Waals surface area (Å²) in [6.45, 7) is 2.24. The first-order chi connectivity index (χ1) is 11.3. The number of hydrogen-bond donors (Lipinski definition) is 0. The van der Waals surface area contributed by atoms with Crippen molar-refractivity contribution in [2.24, 2.45) is 0 Å². The number of nitrogens with zero attached hydrogens (tertiary/aromatic N) is 4. The number of aromatic nitrogens is 2. The highest BCUT2D eigenvalue weighted by molar-refractivity contribution is 5.97. The molecule has 5 heteroatoms. The maximum absolute atomic E-state index is 9.62. The summed E-state index contributed by atoms with van der Waals surface area (Å²) in [6.07, 6.45) is 1.46. The largest absolute Gasteiger partial charge is 0.477 e. The third-order valence-corrected chi connectivity index (χ3v) is 3.39. The molecule has 0 spiro atoms. The number of ether oxygens (including phenoxy) is 1. The van der Waals surface area contributed by atoms with Gasteiger partial charge in [-0.2, -0.15) is 15.5 Å². The summed E-state index contributed by atoms with van der Waals surface area (Å²) in [5.74, 6) is 0.263. The summed E-state index contributed by atoms with van der Waals surface area (Å²) >= 11 is 0. The molecule has 0 atom stereocenters. The summed E-state index contributed by atoms with van der Waals surface area (Å²) in [5.41, 5.74) is 2.76. The van der Waals surface area contributed by atoms with Crippen molar-refractivity contribution < 1.29 is 4.74 Å². The highest BCUT2D eigenvalue weighted by Gasteiger charge is 2.18. The average molecular weight is 300 g/mol. The lowest BCUT2D eigenvalue weighted by Gasteiger charge is -2.12. The fraction of sp³-hybridized carbons (Fsp3) is 0.111. The Hall–Kier alpha value is -3.44. The quantitative estimate of drug-likeness (QED) is 0.740. The first-order valence-electron chi connectivity index (χ1n) is 7.10. The second kappa shape index (κ2) is 6.13. The van der Waals surface area contributed by atoms with E-state index in [0.29, 0.717) is 34.3 Å². The summed E-state index contributed by atoms with van der Waals surface area (Å²) in [5, 5.41) is 19.4. The summed E-state index contributed by atoms with van der Waals surface area (Å²) in [7, 11) is 0. The van der Waals surface area contributed by atoms with Crippen molar-refractivity contribution in [3.63, 3.8) is 0 Å². The van der Waals surface area contributed by atoms with Gasteiger partial charge in [0.25, 0.3) is 0 Å². The first kappa shape index (κ1) is 14.5. The van der Waals surface area contributed by atoms with E-state index in [0.717, 1.165) is 5.56 Å². The Kier molecular flexibility index (Phi) is 3.86. The molecule has 0 fully saturated rings. The van der Waals surface area contributed by atoms with E-state index in [2.05, 4.69) is 22.1 Å². The molecule has 0 aliphatic heterocycles. The third-order valence-electron chi connectivity index (χ3n) is 3.39. The van der Waals surface area contributed by atoms with Crippen molar-refractivity contribution in [3.8, 4) is 29.1 Å². The third kappa shape index (κ3) is 2.56. The predicted molar refractivity (Wildman–Crippen MR) is 85.6 cm³/mol. The molecule has 0 saturated heterocycles. The minimum Gasteiger partial charge on any atom is -0.477 e. The van der Waals surface area contributed by atoms with Crippen LogP contribution >= 0.6 is 0 Å². The molecule has 0 saturated carbocycles. The normalized spacial score (nSPS) is 10.0. The first-order valence-corrected chi connectivity index (χ1v) is 7.10. The van der Waals surface area contributed by atoms with E-state index in [-0.39, 0.29) is 5.88 Å². The second-order valence-corrected chi connectivity index (χ2v) is 4.78. The molecule has 0 radical (unpaired) electrons. The van der Waals surface area contributed by atoms with Gasteiger partial charge in [0.2, 0.25) is 5.88 Å². The maximum Gasteiger partial charge on any atom is 0.234 e. The predicted octanol–water partition coefficient (Wildman–Crippen LogP) is 3.44. The van der Waals surface area contributed by atoms with Crippen LogP contribution in [0.5, 0.6) is 5.88 Å². The molecular formula is C18H12N4O. The van der Waals surface area contributed by atoms with E-state index in [9.17, 15) is 5.26 Å². The molecule has 0 aliphatic rings. The van der Waals surface area contributed by atoms with Gasteiger partial charge in [-0.05, 0) is 18.6 Å². The zero-order chi connectivity index (χ0) is 16.2. The van der Waals surface area contributed by atoms with Gasteiger partial charge >= 0.3 is 0 Å². The van der Waals surface area contributed by atoms with Gasteiger partial charge in [0, 0.05) is 17.1 Å². The fourth-order valence-electron chi connectivity index (χ4n) is 2.43.